The van der Waals surface area contributed by atoms with Crippen LogP contribution in [0.25, 0.3) is 22.2 Å². The quantitative estimate of drug-likeness (QED) is 0.421. The second-order valence-corrected chi connectivity index (χ2v) is 6.55. The molecule has 30 heavy (non-hydrogen) atoms. The van der Waals surface area contributed by atoms with Gasteiger partial charge >= 0.3 is 0 Å². The Morgan fingerprint density at radius 3 is 2.10 bits per heavy atom. The van der Waals surface area contributed by atoms with E-state index >= 15 is 0 Å². The van der Waals surface area contributed by atoms with Gasteiger partial charge in [0, 0.05) is 50.6 Å². The summed E-state index contributed by atoms with van der Waals surface area (Å²) < 4.78 is 38.2. The number of anilines is 1. The van der Waals surface area contributed by atoms with Gasteiger partial charge in [-0.25, -0.2) is 18.8 Å². The van der Waals surface area contributed by atoms with E-state index in [0.29, 0.717) is 17.1 Å². The van der Waals surface area contributed by atoms with Gasteiger partial charge in [0.25, 0.3) is 6.43 Å². The van der Waals surface area contributed by atoms with Crippen molar-refractivity contribution in [3.05, 3.63) is 24.2 Å². The topological polar surface area (TPSA) is 85.5 Å². The molecule has 1 aliphatic carbocycles. The number of halogens is 2. The number of hydrogen-bond donors (Lipinski definition) is 1. The Kier molecular flexibility index (Phi) is 8.41. The molecule has 3 heterocycles. The van der Waals surface area contributed by atoms with Crippen molar-refractivity contribution in [2.45, 2.75) is 25.7 Å². The Labute approximate surface area is 196 Å². The minimum Gasteiger partial charge on any atom is -0.480 e. The molecule has 3 aromatic heterocycles. The number of rotatable bonds is 5. The molecule has 0 saturated heterocycles. The molecular formula is C19H23F2N5O3U. The average molecular weight is 645 g/mol. The molecule has 3 aromatic rings. The van der Waals surface area contributed by atoms with Crippen LogP contribution in [0.1, 0.15) is 31.5 Å². The van der Waals surface area contributed by atoms with Crippen LogP contribution in [0.15, 0.2) is 18.3 Å². The van der Waals surface area contributed by atoms with Gasteiger partial charge < -0.3 is 14.0 Å². The van der Waals surface area contributed by atoms with Gasteiger partial charge in [-0.2, -0.15) is 9.97 Å². The monoisotopic (exact) mass is 645 g/mol. The first-order valence-electron chi connectivity index (χ1n) is 9.03. The molecule has 160 valence electrons. The van der Waals surface area contributed by atoms with Gasteiger partial charge in [0.2, 0.25) is 17.6 Å². The molecule has 8 nitrogen and oxygen atoms in total. The fourth-order valence-corrected chi connectivity index (χ4v) is 2.69. The summed E-state index contributed by atoms with van der Waals surface area (Å²) in [6.07, 6.45) is 3.24. The predicted octanol–water partition coefficient (Wildman–Crippen LogP) is 3.98. The van der Waals surface area contributed by atoms with Gasteiger partial charge in [-0.3, -0.25) is 5.21 Å². The molecule has 1 saturated carbocycles. The molecule has 1 N–H and O–H groups in total. The SMILES string of the molecule is C1CC1.COc1nc(C(F)F)nc(OC)c1-c1cc2cc(N(C)O)ncc2n1C.[U]. The Balaban J connectivity index is 0.000000735. The van der Waals surface area contributed by atoms with Crippen LogP contribution in [0.2, 0.25) is 0 Å². The first kappa shape index (κ1) is 24.3. The Morgan fingerprint density at radius 1 is 1.10 bits per heavy atom. The third kappa shape index (κ3) is 5.20. The molecule has 0 atom stereocenters. The van der Waals surface area contributed by atoms with Crippen molar-refractivity contribution in [1.29, 1.82) is 0 Å². The number of fused-ring (bicyclic) bond motifs is 1. The second-order valence-electron chi connectivity index (χ2n) is 6.55. The Hall–Kier alpha value is -1.96. The number of pyridine rings is 1. The zero-order valence-electron chi connectivity index (χ0n) is 17.2. The number of aromatic nitrogens is 4. The predicted molar refractivity (Wildman–Crippen MR) is 104 cm³/mol. The summed E-state index contributed by atoms with van der Waals surface area (Å²) in [7, 11) is 5.91. The van der Waals surface area contributed by atoms with Gasteiger partial charge in [0.15, 0.2) is 5.82 Å². The van der Waals surface area contributed by atoms with Crippen LogP contribution in [-0.2, 0) is 7.05 Å². The van der Waals surface area contributed by atoms with Crippen molar-refractivity contribution in [3.8, 4) is 23.0 Å². The first-order valence-corrected chi connectivity index (χ1v) is 9.03. The minimum atomic E-state index is -2.86. The van der Waals surface area contributed by atoms with Gasteiger partial charge in [-0.15, -0.1) is 0 Å². The Morgan fingerprint density at radius 2 is 1.67 bits per heavy atom. The maximum atomic E-state index is 13.0. The van der Waals surface area contributed by atoms with Gasteiger partial charge in [-0.1, -0.05) is 19.3 Å². The molecule has 11 heteroatoms. The summed E-state index contributed by atoms with van der Waals surface area (Å²) in [6, 6.07) is 3.47. The summed E-state index contributed by atoms with van der Waals surface area (Å²) in [6.45, 7) is 0. The fraction of sp³-hybridized carbons (Fsp3) is 0.421. The number of methoxy groups -OCH3 is 2. The molecular weight excluding hydrogens is 622 g/mol. The van der Waals surface area contributed by atoms with Gasteiger partial charge in [0.05, 0.1) is 31.6 Å². The summed E-state index contributed by atoms with van der Waals surface area (Å²) in [4.78, 5) is 11.7. The largest absolute Gasteiger partial charge is 0.480 e. The van der Waals surface area contributed by atoms with E-state index in [1.165, 1.54) is 40.5 Å². The molecule has 0 spiro atoms. The van der Waals surface area contributed by atoms with Gasteiger partial charge in [0.1, 0.15) is 5.56 Å². The molecule has 1 fully saturated rings. The molecule has 0 bridgehead atoms. The fourth-order valence-electron chi connectivity index (χ4n) is 2.69. The van der Waals surface area contributed by atoms with Crippen LogP contribution in [0.3, 0.4) is 0 Å². The standard InChI is InChI=1S/C16H17F2N5O3.C3H6.U/c1-22-9(5-8-6-11(23(2)24)19-7-10(8)22)12-15(25-3)20-14(13(17)18)21-16(12)26-4;1-2-3-1;/h5-7,13,24H,1-4H3;1-3H2;. The zero-order chi connectivity index (χ0) is 21.1. The summed E-state index contributed by atoms with van der Waals surface area (Å²) in [5.41, 5.74) is 1.69. The number of hydroxylamine groups is 1. The van der Waals surface area contributed by atoms with Crippen molar-refractivity contribution >= 4 is 16.7 Å². The van der Waals surface area contributed by atoms with Crippen molar-refractivity contribution < 1.29 is 54.6 Å². The van der Waals surface area contributed by atoms with E-state index in [0.717, 1.165) is 16.0 Å². The van der Waals surface area contributed by atoms with Crippen LogP contribution < -0.4 is 14.5 Å². The number of aryl methyl sites for hydroxylation is 1. The van der Waals surface area contributed by atoms with E-state index in [1.54, 1.807) is 29.9 Å². The van der Waals surface area contributed by atoms with Crippen LogP contribution in [0.5, 0.6) is 11.8 Å². The normalized spacial score (nSPS) is 12.1. The van der Waals surface area contributed by atoms with Crippen molar-refractivity contribution in [3.63, 3.8) is 0 Å². The number of ether oxygens (including phenoxy) is 2. The van der Waals surface area contributed by atoms with Crippen molar-refractivity contribution in [2.75, 3.05) is 26.3 Å². The van der Waals surface area contributed by atoms with E-state index in [1.807, 2.05) is 0 Å². The third-order valence-electron chi connectivity index (χ3n) is 4.30. The van der Waals surface area contributed by atoms with Crippen LogP contribution in [0.4, 0.5) is 14.6 Å². The first-order chi connectivity index (χ1) is 13.9. The minimum absolute atomic E-state index is 0. The van der Waals surface area contributed by atoms with E-state index in [2.05, 4.69) is 15.0 Å². The maximum Gasteiger partial charge on any atom is 0.297 e. The van der Waals surface area contributed by atoms with Crippen LogP contribution in [-0.4, -0.2) is 46.0 Å². The van der Waals surface area contributed by atoms with Crippen LogP contribution >= 0.6 is 0 Å². The van der Waals surface area contributed by atoms with Crippen molar-refractivity contribution in [1.82, 2.24) is 19.5 Å². The average Bonchev–Trinajstić information content (AvgIpc) is 3.56. The zero-order valence-corrected chi connectivity index (χ0v) is 21.4. The molecule has 0 amide bonds. The van der Waals surface area contributed by atoms with Crippen LogP contribution in [0, 0.1) is 31.1 Å². The molecule has 0 radical (unpaired) electrons. The van der Waals surface area contributed by atoms with E-state index in [9.17, 15) is 14.0 Å². The summed E-state index contributed by atoms with van der Waals surface area (Å²) in [5, 5.41) is 11.2. The van der Waals surface area contributed by atoms with E-state index in [4.69, 9.17) is 9.47 Å². The Bertz CT molecular complexity index is 983. The summed E-state index contributed by atoms with van der Waals surface area (Å²) in [5.74, 6) is -0.360. The number of hydrogen-bond acceptors (Lipinski definition) is 7. The molecule has 4 rings (SSSR count). The van der Waals surface area contributed by atoms with Gasteiger partial charge in [-0.05, 0) is 12.1 Å². The number of alkyl halides is 2. The van der Waals surface area contributed by atoms with Crippen molar-refractivity contribution in [2.24, 2.45) is 7.05 Å². The molecule has 0 aliphatic heterocycles. The molecule has 1 aliphatic rings. The van der Waals surface area contributed by atoms with E-state index < -0.39 is 12.2 Å². The molecule has 0 aromatic carbocycles. The third-order valence-corrected chi connectivity index (χ3v) is 4.30. The molecule has 0 unspecified atom stereocenters. The summed E-state index contributed by atoms with van der Waals surface area (Å²) >= 11 is 0. The van der Waals surface area contributed by atoms with E-state index in [-0.39, 0.29) is 42.9 Å². The number of nitrogens with zero attached hydrogens (tertiary/aromatic N) is 5. The second kappa shape index (κ2) is 10.4. The maximum absolute atomic E-state index is 13.0. The smallest absolute Gasteiger partial charge is 0.297 e.